The second-order valence-electron chi connectivity index (χ2n) is 6.05. The molecule has 0 N–H and O–H groups in total. The molecule has 2 aromatic carbocycles. The highest BCUT2D eigenvalue weighted by molar-refractivity contribution is 9.10. The van der Waals surface area contributed by atoms with Gasteiger partial charge in [-0.05, 0) is 39.2 Å². The van der Waals surface area contributed by atoms with E-state index in [1.54, 1.807) is 17.0 Å². The van der Waals surface area contributed by atoms with Crippen LogP contribution in [0.3, 0.4) is 0 Å². The highest BCUT2D eigenvalue weighted by Crippen LogP contribution is 2.18. The lowest BCUT2D eigenvalue weighted by Crippen LogP contribution is -2.48. The number of piperazine rings is 1. The molecule has 4 nitrogen and oxygen atoms in total. The molecule has 0 spiro atoms. The van der Waals surface area contributed by atoms with Gasteiger partial charge in [-0.1, -0.05) is 36.4 Å². The smallest absolute Gasteiger partial charge is 0.410 e. The molecule has 132 valence electrons. The number of carbonyl (C=O) groups is 1. The van der Waals surface area contributed by atoms with Gasteiger partial charge in [0, 0.05) is 32.7 Å². The van der Waals surface area contributed by atoms with Crippen LogP contribution >= 0.6 is 15.9 Å². The Morgan fingerprint density at radius 1 is 1.04 bits per heavy atom. The Bertz CT molecular complexity index is 719. The first-order valence-corrected chi connectivity index (χ1v) is 9.03. The lowest BCUT2D eigenvalue weighted by Gasteiger charge is -2.34. The first kappa shape index (κ1) is 17.9. The summed E-state index contributed by atoms with van der Waals surface area (Å²) in [4.78, 5) is 16.1. The molecule has 1 fully saturated rings. The van der Waals surface area contributed by atoms with Crippen molar-refractivity contribution in [1.29, 1.82) is 0 Å². The maximum atomic E-state index is 13.6. The molecule has 25 heavy (non-hydrogen) atoms. The van der Waals surface area contributed by atoms with Crippen LogP contribution in [0.4, 0.5) is 9.18 Å². The third kappa shape index (κ3) is 5.03. The Hall–Kier alpha value is -1.92. The largest absolute Gasteiger partial charge is 0.445 e. The molecule has 1 heterocycles. The van der Waals surface area contributed by atoms with Crippen molar-refractivity contribution in [1.82, 2.24) is 9.80 Å². The van der Waals surface area contributed by atoms with E-state index < -0.39 is 0 Å². The summed E-state index contributed by atoms with van der Waals surface area (Å²) in [6, 6.07) is 14.8. The summed E-state index contributed by atoms with van der Waals surface area (Å²) in [5, 5.41) is 0. The van der Waals surface area contributed by atoms with Crippen LogP contribution in [0.2, 0.25) is 0 Å². The second kappa shape index (κ2) is 8.45. The third-order valence-corrected chi connectivity index (χ3v) is 4.87. The van der Waals surface area contributed by atoms with E-state index in [2.05, 4.69) is 20.8 Å². The molecule has 1 aliphatic heterocycles. The molecular formula is C19H20BrFN2O2. The number of rotatable bonds is 4. The Morgan fingerprint density at radius 3 is 2.44 bits per heavy atom. The van der Waals surface area contributed by atoms with Gasteiger partial charge in [0.1, 0.15) is 12.4 Å². The summed E-state index contributed by atoms with van der Waals surface area (Å²) in [5.41, 5.74) is 1.91. The molecule has 0 unspecified atom stereocenters. The van der Waals surface area contributed by atoms with Gasteiger partial charge in [-0.15, -0.1) is 0 Å². The number of amides is 1. The summed E-state index contributed by atoms with van der Waals surface area (Å²) in [6.07, 6.45) is -0.279. The maximum Gasteiger partial charge on any atom is 0.410 e. The summed E-state index contributed by atoms with van der Waals surface area (Å²) < 4.78 is 19.4. The predicted octanol–water partition coefficient (Wildman–Crippen LogP) is 4.04. The second-order valence-corrected chi connectivity index (χ2v) is 6.91. The molecule has 0 aromatic heterocycles. The quantitative estimate of drug-likeness (QED) is 0.767. The van der Waals surface area contributed by atoms with Crippen molar-refractivity contribution in [3.63, 3.8) is 0 Å². The normalized spacial score (nSPS) is 15.2. The van der Waals surface area contributed by atoms with Crippen LogP contribution in [0.5, 0.6) is 0 Å². The summed E-state index contributed by atoms with van der Waals surface area (Å²) >= 11 is 3.16. The lowest BCUT2D eigenvalue weighted by molar-refractivity contribution is 0.0700. The highest BCUT2D eigenvalue weighted by Gasteiger charge is 2.22. The van der Waals surface area contributed by atoms with E-state index in [1.165, 1.54) is 0 Å². The van der Waals surface area contributed by atoms with Crippen LogP contribution < -0.4 is 0 Å². The van der Waals surface area contributed by atoms with Crippen molar-refractivity contribution in [3.05, 3.63) is 69.9 Å². The minimum Gasteiger partial charge on any atom is -0.445 e. The number of halogens is 2. The van der Waals surface area contributed by atoms with Crippen LogP contribution in [0.1, 0.15) is 11.1 Å². The Kier molecular flexibility index (Phi) is 6.04. The van der Waals surface area contributed by atoms with Crippen LogP contribution in [-0.4, -0.2) is 42.1 Å². The summed E-state index contributed by atoms with van der Waals surface area (Å²) in [7, 11) is 0. The van der Waals surface area contributed by atoms with Crippen LogP contribution in [-0.2, 0) is 17.9 Å². The molecule has 0 radical (unpaired) electrons. The van der Waals surface area contributed by atoms with Gasteiger partial charge in [0.2, 0.25) is 0 Å². The van der Waals surface area contributed by atoms with E-state index in [0.29, 0.717) is 24.1 Å². The van der Waals surface area contributed by atoms with Crippen LogP contribution in [0, 0.1) is 5.82 Å². The van der Waals surface area contributed by atoms with Crippen LogP contribution in [0.15, 0.2) is 53.0 Å². The van der Waals surface area contributed by atoms with E-state index in [0.717, 1.165) is 24.2 Å². The van der Waals surface area contributed by atoms with E-state index in [9.17, 15) is 9.18 Å². The van der Waals surface area contributed by atoms with Crippen LogP contribution in [0.25, 0.3) is 0 Å². The maximum absolute atomic E-state index is 13.6. The van der Waals surface area contributed by atoms with Gasteiger partial charge in [0.25, 0.3) is 0 Å². The zero-order chi connectivity index (χ0) is 17.6. The van der Waals surface area contributed by atoms with Crippen molar-refractivity contribution >= 4 is 22.0 Å². The number of hydrogen-bond donors (Lipinski definition) is 0. The van der Waals surface area contributed by atoms with Gasteiger partial charge >= 0.3 is 6.09 Å². The van der Waals surface area contributed by atoms with E-state index in [1.807, 2.05) is 36.4 Å². The van der Waals surface area contributed by atoms with Crippen molar-refractivity contribution < 1.29 is 13.9 Å². The topological polar surface area (TPSA) is 32.8 Å². The minimum atomic E-state index is -0.279. The van der Waals surface area contributed by atoms with Crippen molar-refractivity contribution in [2.75, 3.05) is 26.2 Å². The average Bonchev–Trinajstić information content (AvgIpc) is 2.64. The summed E-state index contributed by atoms with van der Waals surface area (Å²) in [5.74, 6) is -0.249. The van der Waals surface area contributed by atoms with Gasteiger partial charge in [-0.3, -0.25) is 4.90 Å². The zero-order valence-electron chi connectivity index (χ0n) is 13.8. The zero-order valence-corrected chi connectivity index (χ0v) is 15.4. The molecule has 1 amide bonds. The number of nitrogens with zero attached hydrogens (tertiary/aromatic N) is 2. The van der Waals surface area contributed by atoms with Crippen molar-refractivity contribution in [3.8, 4) is 0 Å². The monoisotopic (exact) mass is 406 g/mol. The third-order valence-electron chi connectivity index (χ3n) is 4.23. The average molecular weight is 407 g/mol. The SMILES string of the molecule is O=C(OCc1ccccc1)N1CCN(Cc2ccc(Br)c(F)c2)CC1. The molecular weight excluding hydrogens is 387 g/mol. The number of ether oxygens (including phenoxy) is 1. The standard InChI is InChI=1S/C19H20BrFN2O2/c20-17-7-6-16(12-18(17)21)13-22-8-10-23(11-9-22)19(24)25-14-15-4-2-1-3-5-15/h1-7,12H,8-11,13-14H2. The predicted molar refractivity (Wildman–Crippen MR) is 97.6 cm³/mol. The Balaban J connectivity index is 1.44. The first-order chi connectivity index (χ1) is 12.1. The number of hydrogen-bond acceptors (Lipinski definition) is 3. The molecule has 2 aromatic rings. The van der Waals surface area contributed by atoms with Gasteiger partial charge in [-0.2, -0.15) is 0 Å². The number of benzene rings is 2. The molecule has 0 saturated carbocycles. The number of carbonyl (C=O) groups excluding carboxylic acids is 1. The van der Waals surface area contributed by atoms with E-state index >= 15 is 0 Å². The minimum absolute atomic E-state index is 0.249. The van der Waals surface area contributed by atoms with Gasteiger partial charge in [-0.25, -0.2) is 9.18 Å². The molecule has 1 saturated heterocycles. The highest BCUT2D eigenvalue weighted by atomic mass is 79.9. The fourth-order valence-corrected chi connectivity index (χ4v) is 3.04. The first-order valence-electron chi connectivity index (χ1n) is 8.24. The fraction of sp³-hybridized carbons (Fsp3) is 0.316. The summed E-state index contributed by atoms with van der Waals surface area (Å²) in [6.45, 7) is 3.70. The van der Waals surface area contributed by atoms with E-state index in [4.69, 9.17) is 4.74 Å². The Morgan fingerprint density at radius 2 is 1.76 bits per heavy atom. The molecule has 6 heteroatoms. The molecule has 0 aliphatic carbocycles. The van der Waals surface area contributed by atoms with E-state index in [-0.39, 0.29) is 18.5 Å². The fourth-order valence-electron chi connectivity index (χ4n) is 2.80. The molecule has 1 aliphatic rings. The molecule has 0 bridgehead atoms. The van der Waals surface area contributed by atoms with Gasteiger partial charge in [0.05, 0.1) is 4.47 Å². The molecule has 3 rings (SSSR count). The molecule has 0 atom stereocenters. The van der Waals surface area contributed by atoms with Gasteiger partial charge in [0.15, 0.2) is 0 Å². The van der Waals surface area contributed by atoms with Crippen molar-refractivity contribution in [2.24, 2.45) is 0 Å². The van der Waals surface area contributed by atoms with Gasteiger partial charge < -0.3 is 9.64 Å². The Labute approximate surface area is 155 Å². The van der Waals surface area contributed by atoms with Crippen molar-refractivity contribution in [2.45, 2.75) is 13.2 Å². The lowest BCUT2D eigenvalue weighted by atomic mass is 10.2.